The number of rotatable bonds is 7. The van der Waals surface area contributed by atoms with Crippen molar-refractivity contribution in [1.82, 2.24) is 0 Å². The molecule has 0 aromatic rings. The molecule has 0 aliphatic rings. The van der Waals surface area contributed by atoms with Gasteiger partial charge >= 0.3 is 59.1 Å². The van der Waals surface area contributed by atoms with Gasteiger partial charge in [0.2, 0.25) is 0 Å². The Morgan fingerprint density at radius 3 is 1.76 bits per heavy atom. The molecule has 0 aliphatic carbocycles. The summed E-state index contributed by atoms with van der Waals surface area (Å²) in [7, 11) is 0. The topological polar surface area (TPSA) is 80.3 Å². The molecule has 0 amide bonds. The van der Waals surface area contributed by atoms with E-state index in [0.717, 1.165) is 12.8 Å². The molecule has 1 atom stereocenters. The van der Waals surface area contributed by atoms with Gasteiger partial charge in [-0.15, -0.1) is 0 Å². The van der Waals surface area contributed by atoms with Crippen molar-refractivity contribution in [1.29, 1.82) is 0 Å². The summed E-state index contributed by atoms with van der Waals surface area (Å²) >= 11 is 0. The van der Waals surface area contributed by atoms with E-state index < -0.39 is 23.3 Å². The zero-order chi connectivity index (χ0) is 12.1. The number of unbranched alkanes of at least 4 members (excludes halogenated alkanes) is 1. The van der Waals surface area contributed by atoms with Gasteiger partial charge in [0.05, 0.1) is 11.9 Å². The average molecular weight is 260 g/mol. The molecule has 6 heteroatoms. The third-order valence-corrected chi connectivity index (χ3v) is 3.06. The van der Waals surface area contributed by atoms with E-state index in [-0.39, 0.29) is 59.1 Å². The Bertz CT molecular complexity index is 230. The van der Waals surface area contributed by atoms with Crippen molar-refractivity contribution < 1.29 is 78.9 Å². The largest absolute Gasteiger partial charge is 1.00 e. The molecule has 0 saturated heterocycles. The molecule has 0 aromatic heterocycles. The molecule has 88 valence electrons. The molecule has 0 spiro atoms. The Hall–Kier alpha value is 0.940. The van der Waals surface area contributed by atoms with Crippen molar-refractivity contribution in [2.45, 2.75) is 46.5 Å². The second-order valence-electron chi connectivity index (χ2n) is 4.02. The predicted octanol–water partition coefficient (Wildman–Crippen LogP) is -6.28. The van der Waals surface area contributed by atoms with E-state index in [1.165, 1.54) is 6.92 Å². The van der Waals surface area contributed by atoms with E-state index in [1.807, 2.05) is 6.92 Å². The number of aliphatic carboxylic acids is 2. The standard InChI is InChI=1S/C11H20O4.2Na/c1-4-6-7-8(5-2)11(3,9(12)13)10(14)15;;/h8H,4-7H2,1-3H3,(H,12,13)(H,14,15);;/q;2*+1/p-2. The zero-order valence-electron chi connectivity index (χ0n) is 11.5. The van der Waals surface area contributed by atoms with Crippen LogP contribution in [0.25, 0.3) is 0 Å². The molecule has 17 heavy (non-hydrogen) atoms. The van der Waals surface area contributed by atoms with Gasteiger partial charge in [-0.2, -0.15) is 0 Å². The first kappa shape index (κ1) is 23.1. The number of hydrogen-bond donors (Lipinski definition) is 0. The van der Waals surface area contributed by atoms with E-state index >= 15 is 0 Å². The maximum absolute atomic E-state index is 10.9. The summed E-state index contributed by atoms with van der Waals surface area (Å²) in [6.07, 6.45) is 2.80. The Labute approximate surface area is 147 Å². The average Bonchev–Trinajstić information content (AvgIpc) is 2.17. The van der Waals surface area contributed by atoms with E-state index in [0.29, 0.717) is 12.8 Å². The molecular formula is C11H18Na2O4. The van der Waals surface area contributed by atoms with Gasteiger partial charge in [-0.05, 0) is 19.3 Å². The molecule has 4 nitrogen and oxygen atoms in total. The number of hydrogen-bond acceptors (Lipinski definition) is 4. The summed E-state index contributed by atoms with van der Waals surface area (Å²) in [6, 6.07) is 0. The van der Waals surface area contributed by atoms with Gasteiger partial charge in [0.15, 0.2) is 0 Å². The van der Waals surface area contributed by atoms with Gasteiger partial charge in [-0.25, -0.2) is 0 Å². The van der Waals surface area contributed by atoms with Crippen molar-refractivity contribution in [2.75, 3.05) is 0 Å². The second kappa shape index (κ2) is 10.8. The van der Waals surface area contributed by atoms with Gasteiger partial charge in [0.25, 0.3) is 0 Å². The maximum Gasteiger partial charge on any atom is 1.00 e. The van der Waals surface area contributed by atoms with E-state index in [4.69, 9.17) is 0 Å². The first-order valence-corrected chi connectivity index (χ1v) is 5.34. The fourth-order valence-electron chi connectivity index (χ4n) is 1.77. The Balaban J connectivity index is -0.000000980. The number of carboxylic acid groups (broad SMARTS) is 2. The maximum atomic E-state index is 10.9. The minimum Gasteiger partial charge on any atom is -0.549 e. The number of carbonyl (C=O) groups is 2. The van der Waals surface area contributed by atoms with Gasteiger partial charge in [-0.3, -0.25) is 0 Å². The minimum absolute atomic E-state index is 0. The van der Waals surface area contributed by atoms with Crippen LogP contribution in [0.1, 0.15) is 46.5 Å². The molecule has 1 unspecified atom stereocenters. The van der Waals surface area contributed by atoms with E-state index in [1.54, 1.807) is 6.92 Å². The van der Waals surface area contributed by atoms with Crippen molar-refractivity contribution in [2.24, 2.45) is 11.3 Å². The Morgan fingerprint density at radius 2 is 1.53 bits per heavy atom. The monoisotopic (exact) mass is 260 g/mol. The summed E-state index contributed by atoms with van der Waals surface area (Å²) in [5.74, 6) is -3.52. The molecule has 0 bridgehead atoms. The van der Waals surface area contributed by atoms with Crippen LogP contribution in [-0.2, 0) is 9.59 Å². The van der Waals surface area contributed by atoms with Gasteiger partial charge in [-0.1, -0.05) is 33.1 Å². The predicted molar refractivity (Wildman–Crippen MR) is 51.4 cm³/mol. The molecule has 0 heterocycles. The van der Waals surface area contributed by atoms with Crippen LogP contribution in [0.4, 0.5) is 0 Å². The van der Waals surface area contributed by atoms with Crippen molar-refractivity contribution in [3.63, 3.8) is 0 Å². The summed E-state index contributed by atoms with van der Waals surface area (Å²) < 4.78 is 0. The fraction of sp³-hybridized carbons (Fsp3) is 0.818. The SMILES string of the molecule is CCCCC(CC)C(C)(C(=O)[O-])C(=O)[O-].[Na+].[Na+]. The molecule has 0 rings (SSSR count). The van der Waals surface area contributed by atoms with Crippen molar-refractivity contribution in [3.8, 4) is 0 Å². The smallest absolute Gasteiger partial charge is 0.549 e. The summed E-state index contributed by atoms with van der Waals surface area (Å²) in [5.41, 5.74) is -1.87. The molecule has 0 aromatic carbocycles. The van der Waals surface area contributed by atoms with Crippen LogP contribution in [0.2, 0.25) is 0 Å². The molecule has 0 fully saturated rings. The minimum atomic E-state index is -1.87. The van der Waals surface area contributed by atoms with Crippen LogP contribution in [0.15, 0.2) is 0 Å². The first-order valence-electron chi connectivity index (χ1n) is 5.34. The molecule has 0 N–H and O–H groups in total. The first-order chi connectivity index (χ1) is 6.91. The number of carbonyl (C=O) groups excluding carboxylic acids is 2. The van der Waals surface area contributed by atoms with Gasteiger partial charge < -0.3 is 19.8 Å². The molecule has 0 radical (unpaired) electrons. The Morgan fingerprint density at radius 1 is 1.12 bits per heavy atom. The molecule has 0 saturated carbocycles. The van der Waals surface area contributed by atoms with Gasteiger partial charge in [0.1, 0.15) is 0 Å². The summed E-state index contributed by atoms with van der Waals surface area (Å²) in [4.78, 5) is 21.8. The molecule has 0 aliphatic heterocycles. The van der Waals surface area contributed by atoms with Crippen LogP contribution in [0.3, 0.4) is 0 Å². The third kappa shape index (κ3) is 6.08. The Kier molecular flexibility index (Phi) is 14.7. The van der Waals surface area contributed by atoms with E-state index in [2.05, 4.69) is 0 Å². The van der Waals surface area contributed by atoms with Gasteiger partial charge in [0, 0.05) is 5.41 Å². The quantitative estimate of drug-likeness (QED) is 0.337. The van der Waals surface area contributed by atoms with Crippen molar-refractivity contribution >= 4 is 11.9 Å². The zero-order valence-corrected chi connectivity index (χ0v) is 15.5. The third-order valence-electron chi connectivity index (χ3n) is 3.06. The van der Waals surface area contributed by atoms with Crippen LogP contribution in [-0.4, -0.2) is 11.9 Å². The number of carboxylic acids is 2. The molecular weight excluding hydrogens is 242 g/mol. The van der Waals surface area contributed by atoms with Crippen molar-refractivity contribution in [3.05, 3.63) is 0 Å². The second-order valence-corrected chi connectivity index (χ2v) is 4.02. The normalized spacial score (nSPS) is 11.9. The van der Waals surface area contributed by atoms with Crippen LogP contribution in [0, 0.1) is 11.3 Å². The summed E-state index contributed by atoms with van der Waals surface area (Å²) in [6.45, 7) is 4.94. The van der Waals surface area contributed by atoms with E-state index in [9.17, 15) is 19.8 Å². The van der Waals surface area contributed by atoms with Crippen LogP contribution in [0.5, 0.6) is 0 Å². The van der Waals surface area contributed by atoms with Crippen LogP contribution < -0.4 is 69.3 Å². The summed E-state index contributed by atoms with van der Waals surface area (Å²) in [5, 5.41) is 21.8. The fourth-order valence-corrected chi connectivity index (χ4v) is 1.77. The van der Waals surface area contributed by atoms with Crippen LogP contribution >= 0.6 is 0 Å².